The van der Waals surface area contributed by atoms with E-state index in [0.717, 1.165) is 31.6 Å². The number of hydrogen-bond acceptors (Lipinski definition) is 2. The van der Waals surface area contributed by atoms with E-state index in [4.69, 9.17) is 4.74 Å². The monoisotopic (exact) mass is 234 g/mol. The number of carboxylic acid groups (broad SMARTS) is 1. The Morgan fingerprint density at radius 2 is 2.00 bits per heavy atom. The summed E-state index contributed by atoms with van der Waals surface area (Å²) < 4.78 is 5.35. The first-order valence-electron chi connectivity index (χ1n) is 6.10. The highest BCUT2D eigenvalue weighted by Crippen LogP contribution is 2.33. The molecular weight excluding hydrogens is 216 g/mol. The molecule has 0 spiro atoms. The lowest BCUT2D eigenvalue weighted by Crippen LogP contribution is -2.21. The van der Waals surface area contributed by atoms with Crippen molar-refractivity contribution in [3.63, 3.8) is 0 Å². The summed E-state index contributed by atoms with van der Waals surface area (Å²) in [5.74, 6) is -0.0186. The van der Waals surface area contributed by atoms with Gasteiger partial charge >= 0.3 is 5.97 Å². The molecule has 1 saturated heterocycles. The van der Waals surface area contributed by atoms with Gasteiger partial charge in [-0.15, -0.1) is 0 Å². The third kappa shape index (κ3) is 2.67. The molecule has 1 heterocycles. The van der Waals surface area contributed by atoms with E-state index in [2.05, 4.69) is 6.92 Å². The summed E-state index contributed by atoms with van der Waals surface area (Å²) in [5, 5.41) is 9.19. The lowest BCUT2D eigenvalue weighted by atomic mass is 9.81. The molecule has 92 valence electrons. The van der Waals surface area contributed by atoms with E-state index in [0.29, 0.717) is 11.5 Å². The molecule has 3 nitrogen and oxygen atoms in total. The van der Waals surface area contributed by atoms with Gasteiger partial charge in [0.1, 0.15) is 0 Å². The zero-order valence-electron chi connectivity index (χ0n) is 10.1. The number of carbonyl (C=O) groups is 1. The van der Waals surface area contributed by atoms with E-state index in [-0.39, 0.29) is 5.92 Å². The number of ether oxygens (including phenoxy) is 1. The predicted molar refractivity (Wildman–Crippen MR) is 65.4 cm³/mol. The molecule has 1 atom stereocenters. The van der Waals surface area contributed by atoms with Crippen LogP contribution in [0.15, 0.2) is 24.3 Å². The number of hydrogen-bond donors (Lipinski definition) is 1. The first-order valence-corrected chi connectivity index (χ1v) is 6.10. The number of rotatable bonds is 3. The van der Waals surface area contributed by atoms with Crippen LogP contribution in [0.25, 0.3) is 0 Å². The van der Waals surface area contributed by atoms with E-state index >= 15 is 0 Å². The van der Waals surface area contributed by atoms with Crippen LogP contribution in [0.2, 0.25) is 0 Å². The van der Waals surface area contributed by atoms with Crippen LogP contribution in [0.4, 0.5) is 0 Å². The van der Waals surface area contributed by atoms with Crippen LogP contribution in [0, 0.1) is 5.92 Å². The van der Waals surface area contributed by atoms with E-state index < -0.39 is 5.97 Å². The summed E-state index contributed by atoms with van der Waals surface area (Å²) in [4.78, 5) is 11.2. The van der Waals surface area contributed by atoms with Gasteiger partial charge in [0.25, 0.3) is 0 Å². The highest BCUT2D eigenvalue weighted by molar-refractivity contribution is 5.89. The van der Waals surface area contributed by atoms with Crippen LogP contribution in [0.1, 0.15) is 41.6 Å². The second-order valence-corrected chi connectivity index (χ2v) is 4.63. The molecule has 2 rings (SSSR count). The van der Waals surface area contributed by atoms with Crippen molar-refractivity contribution in [2.45, 2.75) is 25.7 Å². The van der Waals surface area contributed by atoms with Gasteiger partial charge < -0.3 is 9.84 Å². The van der Waals surface area contributed by atoms with E-state index in [1.807, 2.05) is 12.1 Å². The molecule has 3 heteroatoms. The second-order valence-electron chi connectivity index (χ2n) is 4.63. The summed E-state index contributed by atoms with van der Waals surface area (Å²) in [5.41, 5.74) is 1.39. The maximum Gasteiger partial charge on any atom is 0.335 e. The molecule has 1 N–H and O–H groups in total. The van der Waals surface area contributed by atoms with Crippen molar-refractivity contribution in [2.75, 3.05) is 13.2 Å². The van der Waals surface area contributed by atoms with Gasteiger partial charge in [-0.25, -0.2) is 4.79 Å². The maximum absolute atomic E-state index is 11.2. The molecule has 1 fully saturated rings. The minimum Gasteiger partial charge on any atom is -0.478 e. The standard InChI is InChI=1S/C14H18O3/c1-10(11-6-8-17-9-7-11)12-4-2-3-5-13(12)14(15)16/h2-5,10-11H,6-9H2,1H3,(H,15,16). The highest BCUT2D eigenvalue weighted by Gasteiger charge is 2.24. The Balaban J connectivity index is 2.23. The Morgan fingerprint density at radius 3 is 2.65 bits per heavy atom. The van der Waals surface area contributed by atoms with E-state index in [1.165, 1.54) is 0 Å². The van der Waals surface area contributed by atoms with Crippen LogP contribution < -0.4 is 0 Å². The van der Waals surface area contributed by atoms with Crippen LogP contribution >= 0.6 is 0 Å². The summed E-state index contributed by atoms with van der Waals surface area (Å²) in [6.07, 6.45) is 2.05. The third-order valence-electron chi connectivity index (χ3n) is 3.65. The Hall–Kier alpha value is -1.35. The Kier molecular flexibility index (Phi) is 3.79. The van der Waals surface area contributed by atoms with E-state index in [1.54, 1.807) is 12.1 Å². The van der Waals surface area contributed by atoms with Crippen molar-refractivity contribution in [2.24, 2.45) is 5.92 Å². The van der Waals surface area contributed by atoms with Crippen molar-refractivity contribution in [1.82, 2.24) is 0 Å². The molecule has 0 amide bonds. The van der Waals surface area contributed by atoms with Gasteiger partial charge in [0, 0.05) is 13.2 Å². The smallest absolute Gasteiger partial charge is 0.335 e. The van der Waals surface area contributed by atoms with Crippen LogP contribution in [0.3, 0.4) is 0 Å². The topological polar surface area (TPSA) is 46.5 Å². The number of aromatic carboxylic acids is 1. The Bertz CT molecular complexity index is 394. The molecule has 0 aromatic heterocycles. The number of carboxylic acids is 1. The zero-order valence-corrected chi connectivity index (χ0v) is 10.1. The molecule has 0 saturated carbocycles. The minimum absolute atomic E-state index is 0.284. The quantitative estimate of drug-likeness (QED) is 0.874. The average molecular weight is 234 g/mol. The summed E-state index contributed by atoms with van der Waals surface area (Å²) in [6, 6.07) is 7.32. The Labute approximate surface area is 101 Å². The second kappa shape index (κ2) is 5.32. The molecule has 1 aromatic carbocycles. The van der Waals surface area contributed by atoms with Crippen molar-refractivity contribution >= 4 is 5.97 Å². The molecule has 1 aliphatic heterocycles. The predicted octanol–water partition coefficient (Wildman–Crippen LogP) is 2.91. The number of benzene rings is 1. The van der Waals surface area contributed by atoms with E-state index in [9.17, 15) is 9.90 Å². The first-order chi connectivity index (χ1) is 8.20. The summed E-state index contributed by atoms with van der Waals surface area (Å²) in [7, 11) is 0. The third-order valence-corrected chi connectivity index (χ3v) is 3.65. The first kappa shape index (κ1) is 12.1. The molecule has 1 unspecified atom stereocenters. The molecule has 0 radical (unpaired) electrons. The minimum atomic E-state index is -0.834. The average Bonchev–Trinajstić information content (AvgIpc) is 2.39. The van der Waals surface area contributed by atoms with Crippen LogP contribution in [0.5, 0.6) is 0 Å². The van der Waals surface area contributed by atoms with Crippen molar-refractivity contribution in [1.29, 1.82) is 0 Å². The lowest BCUT2D eigenvalue weighted by molar-refractivity contribution is 0.0590. The fourth-order valence-electron chi connectivity index (χ4n) is 2.56. The normalized spacial score (nSPS) is 18.9. The van der Waals surface area contributed by atoms with Gasteiger partial charge in [0.15, 0.2) is 0 Å². The van der Waals surface area contributed by atoms with Crippen LogP contribution in [-0.2, 0) is 4.74 Å². The molecule has 17 heavy (non-hydrogen) atoms. The molecule has 0 bridgehead atoms. The zero-order chi connectivity index (χ0) is 12.3. The van der Waals surface area contributed by atoms with Crippen molar-refractivity contribution in [3.05, 3.63) is 35.4 Å². The molecule has 1 aromatic rings. The fourth-order valence-corrected chi connectivity index (χ4v) is 2.56. The van der Waals surface area contributed by atoms with Gasteiger partial charge in [0.2, 0.25) is 0 Å². The highest BCUT2D eigenvalue weighted by atomic mass is 16.5. The van der Waals surface area contributed by atoms with Crippen LogP contribution in [-0.4, -0.2) is 24.3 Å². The SMILES string of the molecule is CC(c1ccccc1C(=O)O)C1CCOCC1. The van der Waals surface area contributed by atoms with Gasteiger partial charge in [-0.2, -0.15) is 0 Å². The maximum atomic E-state index is 11.2. The van der Waals surface area contributed by atoms with Gasteiger partial charge in [-0.1, -0.05) is 25.1 Å². The molecular formula is C14H18O3. The van der Waals surface area contributed by atoms with Gasteiger partial charge in [0.05, 0.1) is 5.56 Å². The lowest BCUT2D eigenvalue weighted by Gasteiger charge is -2.28. The molecule has 0 aliphatic carbocycles. The van der Waals surface area contributed by atoms with Crippen molar-refractivity contribution in [3.8, 4) is 0 Å². The summed E-state index contributed by atoms with van der Waals surface area (Å²) in [6.45, 7) is 3.71. The van der Waals surface area contributed by atoms with Crippen molar-refractivity contribution < 1.29 is 14.6 Å². The summed E-state index contributed by atoms with van der Waals surface area (Å²) >= 11 is 0. The van der Waals surface area contributed by atoms with Gasteiger partial charge in [-0.05, 0) is 36.3 Å². The largest absolute Gasteiger partial charge is 0.478 e. The molecule has 1 aliphatic rings. The van der Waals surface area contributed by atoms with Gasteiger partial charge in [-0.3, -0.25) is 0 Å². The fraction of sp³-hybridized carbons (Fsp3) is 0.500. The Morgan fingerprint density at radius 1 is 1.35 bits per heavy atom.